The van der Waals surface area contributed by atoms with Crippen molar-refractivity contribution in [3.05, 3.63) is 17.9 Å². The number of ether oxygens (including phenoxy) is 1. The number of nitrogens with zero attached hydrogens (tertiary/aromatic N) is 1. The molecule has 0 saturated carbocycles. The molecule has 3 nitrogen and oxygen atoms in total. The maximum Gasteiger partial charge on any atom is 0.167 e. The summed E-state index contributed by atoms with van der Waals surface area (Å²) in [5.74, 6) is -0.142. The first-order valence-electron chi connectivity index (χ1n) is 6.89. The van der Waals surface area contributed by atoms with E-state index in [0.717, 1.165) is 18.7 Å². The fourth-order valence-corrected chi connectivity index (χ4v) is 2.05. The van der Waals surface area contributed by atoms with Gasteiger partial charge in [0.25, 0.3) is 0 Å². The lowest BCUT2D eigenvalue weighted by atomic mass is 10.1. The number of nitrogens with two attached hydrogens (primary N) is 1. The van der Waals surface area contributed by atoms with Gasteiger partial charge in [0.1, 0.15) is 0 Å². The van der Waals surface area contributed by atoms with Gasteiger partial charge in [-0.2, -0.15) is 0 Å². The number of anilines is 2. The van der Waals surface area contributed by atoms with Gasteiger partial charge in [-0.3, -0.25) is 0 Å². The average Bonchev–Trinajstić information content (AvgIpc) is 2.29. The Labute approximate surface area is 115 Å². The van der Waals surface area contributed by atoms with E-state index in [1.165, 1.54) is 6.07 Å². The van der Waals surface area contributed by atoms with Crippen LogP contribution in [0.5, 0.6) is 5.75 Å². The van der Waals surface area contributed by atoms with Crippen LogP contribution in [0.1, 0.15) is 41.0 Å². The van der Waals surface area contributed by atoms with Crippen LogP contribution in [0.2, 0.25) is 0 Å². The summed E-state index contributed by atoms with van der Waals surface area (Å²) in [5, 5.41) is 0. The van der Waals surface area contributed by atoms with Crippen LogP contribution in [0.4, 0.5) is 15.8 Å². The Morgan fingerprint density at radius 3 is 2.37 bits per heavy atom. The third-order valence-electron chi connectivity index (χ3n) is 2.84. The van der Waals surface area contributed by atoms with Crippen LogP contribution in [0.15, 0.2) is 12.1 Å². The van der Waals surface area contributed by atoms with Crippen LogP contribution in [0, 0.1) is 5.82 Å². The molecule has 1 aromatic carbocycles. The second kappa shape index (κ2) is 6.64. The molecule has 0 aromatic heterocycles. The number of hydrogen-bond acceptors (Lipinski definition) is 3. The van der Waals surface area contributed by atoms with Gasteiger partial charge in [0.15, 0.2) is 11.6 Å². The number of nitrogen functional groups attached to an aromatic ring is 1. The standard InChI is InChI=1S/C15H25FN2O/c1-6-7-18(10(2)3)14-9-15(19-11(4)5)12(16)8-13(14)17/h8-11H,6-7,17H2,1-5H3. The molecule has 0 atom stereocenters. The fraction of sp³-hybridized carbons (Fsp3) is 0.600. The zero-order valence-electron chi connectivity index (χ0n) is 12.5. The van der Waals surface area contributed by atoms with Crippen LogP contribution >= 0.6 is 0 Å². The number of rotatable bonds is 6. The highest BCUT2D eigenvalue weighted by molar-refractivity contribution is 5.70. The Kier molecular flexibility index (Phi) is 5.45. The van der Waals surface area contributed by atoms with Crippen molar-refractivity contribution >= 4 is 11.4 Å². The molecular weight excluding hydrogens is 243 g/mol. The zero-order chi connectivity index (χ0) is 14.6. The van der Waals surface area contributed by atoms with E-state index in [2.05, 4.69) is 25.7 Å². The van der Waals surface area contributed by atoms with Gasteiger partial charge >= 0.3 is 0 Å². The molecule has 0 radical (unpaired) electrons. The SMILES string of the molecule is CCCN(c1cc(OC(C)C)c(F)cc1N)C(C)C. The highest BCUT2D eigenvalue weighted by Crippen LogP contribution is 2.32. The molecule has 0 amide bonds. The first-order valence-corrected chi connectivity index (χ1v) is 6.89. The van der Waals surface area contributed by atoms with E-state index < -0.39 is 5.82 Å². The number of hydrogen-bond donors (Lipinski definition) is 1. The first-order chi connectivity index (χ1) is 8.86. The lowest BCUT2D eigenvalue weighted by Gasteiger charge is -2.30. The maximum absolute atomic E-state index is 13.8. The average molecular weight is 268 g/mol. The van der Waals surface area contributed by atoms with Crippen LogP contribution in [0.3, 0.4) is 0 Å². The van der Waals surface area contributed by atoms with Crippen LogP contribution in [-0.2, 0) is 0 Å². The Morgan fingerprint density at radius 2 is 1.89 bits per heavy atom. The van der Waals surface area contributed by atoms with Crippen LogP contribution in [-0.4, -0.2) is 18.7 Å². The van der Waals surface area contributed by atoms with Crippen LogP contribution < -0.4 is 15.4 Å². The monoisotopic (exact) mass is 268 g/mol. The van der Waals surface area contributed by atoms with Gasteiger partial charge in [-0.05, 0) is 34.1 Å². The lowest BCUT2D eigenvalue weighted by Crippen LogP contribution is -2.32. The summed E-state index contributed by atoms with van der Waals surface area (Å²) in [5.41, 5.74) is 7.25. The molecule has 0 heterocycles. The highest BCUT2D eigenvalue weighted by atomic mass is 19.1. The van der Waals surface area contributed by atoms with Gasteiger partial charge in [-0.1, -0.05) is 6.92 Å². The Balaban J connectivity index is 3.17. The molecule has 0 bridgehead atoms. The van der Waals surface area contributed by atoms with Crippen molar-refractivity contribution in [3.63, 3.8) is 0 Å². The number of benzene rings is 1. The molecule has 1 aromatic rings. The van der Waals surface area contributed by atoms with Gasteiger partial charge < -0.3 is 15.4 Å². The zero-order valence-corrected chi connectivity index (χ0v) is 12.5. The smallest absolute Gasteiger partial charge is 0.167 e. The van der Waals surface area contributed by atoms with Crippen molar-refractivity contribution in [3.8, 4) is 5.75 Å². The minimum Gasteiger partial charge on any atom is -0.488 e. The van der Waals surface area contributed by atoms with E-state index in [4.69, 9.17) is 10.5 Å². The molecule has 1 rings (SSSR count). The molecule has 0 spiro atoms. The topological polar surface area (TPSA) is 38.5 Å². The molecule has 2 N–H and O–H groups in total. The molecule has 19 heavy (non-hydrogen) atoms. The summed E-state index contributed by atoms with van der Waals surface area (Å²) in [7, 11) is 0. The molecule has 0 fully saturated rings. The number of halogens is 1. The predicted octanol–water partition coefficient (Wildman–Crippen LogP) is 3.82. The molecule has 0 aliphatic carbocycles. The second-order valence-corrected chi connectivity index (χ2v) is 5.30. The Morgan fingerprint density at radius 1 is 1.26 bits per heavy atom. The third-order valence-corrected chi connectivity index (χ3v) is 2.84. The van der Waals surface area contributed by atoms with Crippen molar-refractivity contribution in [2.75, 3.05) is 17.2 Å². The molecule has 108 valence electrons. The summed E-state index contributed by atoms with van der Waals surface area (Å²) in [4.78, 5) is 2.17. The van der Waals surface area contributed by atoms with Crippen molar-refractivity contribution < 1.29 is 9.13 Å². The first kappa shape index (κ1) is 15.6. The van der Waals surface area contributed by atoms with E-state index >= 15 is 0 Å². The normalized spacial score (nSPS) is 11.2. The minimum absolute atomic E-state index is 0.0651. The molecular formula is C15H25FN2O. The maximum atomic E-state index is 13.8. The van der Waals surface area contributed by atoms with E-state index in [0.29, 0.717) is 11.7 Å². The quantitative estimate of drug-likeness (QED) is 0.797. The summed E-state index contributed by atoms with van der Waals surface area (Å²) < 4.78 is 19.3. The van der Waals surface area contributed by atoms with Gasteiger partial charge in [0.05, 0.1) is 17.5 Å². The van der Waals surface area contributed by atoms with E-state index in [-0.39, 0.29) is 11.9 Å². The lowest BCUT2D eigenvalue weighted by molar-refractivity contribution is 0.231. The third kappa shape index (κ3) is 4.01. The van der Waals surface area contributed by atoms with Crippen LogP contribution in [0.25, 0.3) is 0 Å². The fourth-order valence-electron chi connectivity index (χ4n) is 2.05. The van der Waals surface area contributed by atoms with Gasteiger partial charge in [0, 0.05) is 24.7 Å². The molecule has 0 aliphatic rings. The summed E-state index contributed by atoms with van der Waals surface area (Å²) >= 11 is 0. The van der Waals surface area contributed by atoms with Gasteiger partial charge in [-0.15, -0.1) is 0 Å². The summed E-state index contributed by atoms with van der Waals surface area (Å²) in [6.45, 7) is 10.9. The highest BCUT2D eigenvalue weighted by Gasteiger charge is 2.17. The van der Waals surface area contributed by atoms with E-state index in [1.807, 2.05) is 13.8 Å². The van der Waals surface area contributed by atoms with Gasteiger partial charge in [0.2, 0.25) is 0 Å². The van der Waals surface area contributed by atoms with Gasteiger partial charge in [-0.25, -0.2) is 4.39 Å². The molecule has 0 aliphatic heterocycles. The van der Waals surface area contributed by atoms with Crippen molar-refractivity contribution in [2.45, 2.75) is 53.2 Å². The molecule has 0 unspecified atom stereocenters. The van der Waals surface area contributed by atoms with E-state index in [1.54, 1.807) is 6.07 Å². The van der Waals surface area contributed by atoms with Crippen molar-refractivity contribution in [2.24, 2.45) is 0 Å². The summed E-state index contributed by atoms with van der Waals surface area (Å²) in [6, 6.07) is 3.36. The second-order valence-electron chi connectivity index (χ2n) is 5.30. The molecule has 4 heteroatoms. The summed E-state index contributed by atoms with van der Waals surface area (Å²) in [6.07, 6.45) is 0.944. The van der Waals surface area contributed by atoms with Crippen molar-refractivity contribution in [1.29, 1.82) is 0 Å². The Bertz CT molecular complexity index is 419. The molecule has 0 saturated heterocycles. The predicted molar refractivity (Wildman–Crippen MR) is 79.3 cm³/mol. The Hall–Kier alpha value is -1.45. The largest absolute Gasteiger partial charge is 0.488 e. The van der Waals surface area contributed by atoms with Crippen molar-refractivity contribution in [1.82, 2.24) is 0 Å². The minimum atomic E-state index is -0.407. The van der Waals surface area contributed by atoms with E-state index in [9.17, 15) is 4.39 Å².